The Hall–Kier alpha value is -1.74. The van der Waals surface area contributed by atoms with Gasteiger partial charge in [0.15, 0.2) is 5.69 Å². The molecule has 4 nitrogen and oxygen atoms in total. The molecule has 0 aliphatic carbocycles. The largest absolute Gasteiger partial charge is 0.466 e. The number of halogens is 3. The lowest BCUT2D eigenvalue weighted by Gasteiger charge is -2.07. The molecule has 1 aromatic heterocycles. The minimum absolute atomic E-state index is 0.0321. The zero-order valence-corrected chi connectivity index (χ0v) is 10.2. The zero-order chi connectivity index (χ0) is 13.7. The Kier molecular flexibility index (Phi) is 4.98. The van der Waals surface area contributed by atoms with Crippen LogP contribution in [-0.2, 0) is 16.0 Å². The highest BCUT2D eigenvalue weighted by atomic mass is 35.5. The molecule has 0 N–H and O–H groups in total. The molecule has 0 radical (unpaired) electrons. The molecule has 7 heteroatoms. The number of alkyl halides is 2. The lowest BCUT2D eigenvalue weighted by atomic mass is 10.1. The topological polar surface area (TPSA) is 63.0 Å². The van der Waals surface area contributed by atoms with E-state index in [1.165, 1.54) is 0 Å². The number of hydrogen-bond donors (Lipinski definition) is 0. The molecule has 0 amide bonds. The molecular weight excluding hydrogens is 266 g/mol. The molecule has 0 atom stereocenters. The number of rotatable bonds is 4. The van der Waals surface area contributed by atoms with Crippen LogP contribution in [-0.4, -0.2) is 17.6 Å². The van der Waals surface area contributed by atoms with Crippen LogP contribution in [0.4, 0.5) is 8.78 Å². The zero-order valence-electron chi connectivity index (χ0n) is 9.41. The molecule has 0 aromatic carbocycles. The van der Waals surface area contributed by atoms with Crippen molar-refractivity contribution in [2.24, 2.45) is 0 Å². The van der Waals surface area contributed by atoms with Crippen molar-refractivity contribution in [3.8, 4) is 6.07 Å². The molecule has 1 aromatic rings. The van der Waals surface area contributed by atoms with Gasteiger partial charge in [-0.15, -0.1) is 0 Å². The maximum Gasteiger partial charge on any atom is 0.311 e. The first kappa shape index (κ1) is 14.3. The number of pyridine rings is 1. The molecule has 1 rings (SSSR count). The fourth-order valence-corrected chi connectivity index (χ4v) is 1.51. The maximum absolute atomic E-state index is 12.7. The summed E-state index contributed by atoms with van der Waals surface area (Å²) in [5, 5.41) is 8.34. The Morgan fingerprint density at radius 2 is 2.33 bits per heavy atom. The average molecular weight is 275 g/mol. The van der Waals surface area contributed by atoms with Gasteiger partial charge in [0.05, 0.1) is 23.7 Å². The minimum Gasteiger partial charge on any atom is -0.466 e. The van der Waals surface area contributed by atoms with Crippen molar-refractivity contribution in [2.45, 2.75) is 19.8 Å². The number of carbonyl (C=O) groups is 1. The van der Waals surface area contributed by atoms with Crippen molar-refractivity contribution in [2.75, 3.05) is 6.61 Å². The van der Waals surface area contributed by atoms with E-state index in [-0.39, 0.29) is 29.4 Å². The van der Waals surface area contributed by atoms with E-state index < -0.39 is 18.0 Å². The van der Waals surface area contributed by atoms with Crippen molar-refractivity contribution < 1.29 is 18.3 Å². The average Bonchev–Trinajstić information content (AvgIpc) is 2.31. The monoisotopic (exact) mass is 274 g/mol. The van der Waals surface area contributed by atoms with Crippen LogP contribution in [0, 0.1) is 11.3 Å². The van der Waals surface area contributed by atoms with Gasteiger partial charge in [0.2, 0.25) is 0 Å². The van der Waals surface area contributed by atoms with Crippen LogP contribution >= 0.6 is 11.6 Å². The predicted molar refractivity (Wildman–Crippen MR) is 59.3 cm³/mol. The van der Waals surface area contributed by atoms with Gasteiger partial charge < -0.3 is 4.74 Å². The molecule has 96 valence electrons. The van der Waals surface area contributed by atoms with Gasteiger partial charge in [0.1, 0.15) is 6.07 Å². The fourth-order valence-electron chi connectivity index (χ4n) is 1.29. The lowest BCUT2D eigenvalue weighted by Crippen LogP contribution is -2.10. The maximum atomic E-state index is 12.7. The van der Waals surface area contributed by atoms with Crippen LogP contribution in [0.1, 0.15) is 30.3 Å². The quantitative estimate of drug-likeness (QED) is 0.792. The van der Waals surface area contributed by atoms with E-state index >= 15 is 0 Å². The van der Waals surface area contributed by atoms with Gasteiger partial charge in [-0.1, -0.05) is 11.6 Å². The molecule has 0 unspecified atom stereocenters. The van der Waals surface area contributed by atoms with Gasteiger partial charge in [-0.3, -0.25) is 4.79 Å². The number of nitriles is 1. The predicted octanol–water partition coefficient (Wildman–Crippen LogP) is 2.65. The third kappa shape index (κ3) is 3.37. The molecular formula is C11H9ClF2N2O2. The van der Waals surface area contributed by atoms with Gasteiger partial charge in [-0.05, 0) is 13.0 Å². The van der Waals surface area contributed by atoms with Crippen molar-refractivity contribution >= 4 is 17.6 Å². The normalized spacial score (nSPS) is 10.2. The van der Waals surface area contributed by atoms with E-state index in [4.69, 9.17) is 16.9 Å². The number of carbonyl (C=O) groups excluding carboxylic acids is 1. The Balaban J connectivity index is 3.11. The molecule has 1 heterocycles. The molecule has 0 aliphatic rings. The molecule has 0 aliphatic heterocycles. The van der Waals surface area contributed by atoms with Gasteiger partial charge in [-0.2, -0.15) is 5.26 Å². The number of ether oxygens (including phenoxy) is 1. The summed E-state index contributed by atoms with van der Waals surface area (Å²) >= 11 is 5.59. The van der Waals surface area contributed by atoms with Crippen molar-refractivity contribution in [3.05, 3.63) is 28.0 Å². The first-order valence-electron chi connectivity index (χ1n) is 5.02. The van der Waals surface area contributed by atoms with Crippen LogP contribution in [0.2, 0.25) is 5.02 Å². The molecule has 0 fully saturated rings. The molecule has 0 spiro atoms. The second kappa shape index (κ2) is 6.26. The van der Waals surface area contributed by atoms with Crippen LogP contribution in [0.3, 0.4) is 0 Å². The second-order valence-electron chi connectivity index (χ2n) is 3.26. The van der Waals surface area contributed by atoms with Gasteiger partial charge in [0, 0.05) is 5.56 Å². The number of aromatic nitrogens is 1. The summed E-state index contributed by atoms with van der Waals surface area (Å²) in [5.41, 5.74) is -0.805. The molecule has 0 saturated heterocycles. The Bertz CT molecular complexity index is 501. The van der Waals surface area contributed by atoms with Gasteiger partial charge in [-0.25, -0.2) is 13.8 Å². The summed E-state index contributed by atoms with van der Waals surface area (Å²) in [5.74, 6) is -0.601. The van der Waals surface area contributed by atoms with Crippen molar-refractivity contribution in [1.82, 2.24) is 4.98 Å². The van der Waals surface area contributed by atoms with Crippen molar-refractivity contribution in [3.63, 3.8) is 0 Å². The van der Waals surface area contributed by atoms with E-state index in [0.29, 0.717) is 0 Å². The van der Waals surface area contributed by atoms with Gasteiger partial charge in [0.25, 0.3) is 6.43 Å². The third-order valence-electron chi connectivity index (χ3n) is 2.01. The van der Waals surface area contributed by atoms with Crippen molar-refractivity contribution in [1.29, 1.82) is 5.26 Å². The van der Waals surface area contributed by atoms with E-state index in [1.54, 1.807) is 13.0 Å². The highest BCUT2D eigenvalue weighted by Crippen LogP contribution is 2.29. The van der Waals surface area contributed by atoms with E-state index in [2.05, 4.69) is 9.72 Å². The smallest absolute Gasteiger partial charge is 0.311 e. The number of hydrogen-bond acceptors (Lipinski definition) is 4. The summed E-state index contributed by atoms with van der Waals surface area (Å²) in [6.45, 7) is 1.80. The van der Waals surface area contributed by atoms with Crippen LogP contribution < -0.4 is 0 Å². The summed E-state index contributed by atoms with van der Waals surface area (Å²) in [6.07, 6.45) is -3.12. The summed E-state index contributed by atoms with van der Waals surface area (Å²) < 4.78 is 30.0. The van der Waals surface area contributed by atoms with E-state index in [0.717, 1.165) is 6.07 Å². The third-order valence-corrected chi connectivity index (χ3v) is 2.41. The molecule has 18 heavy (non-hydrogen) atoms. The molecule has 0 saturated carbocycles. The Morgan fingerprint density at radius 3 is 2.83 bits per heavy atom. The fraction of sp³-hybridized carbons (Fsp3) is 0.364. The van der Waals surface area contributed by atoms with Crippen LogP contribution in [0.25, 0.3) is 0 Å². The minimum atomic E-state index is -2.84. The lowest BCUT2D eigenvalue weighted by molar-refractivity contribution is -0.142. The van der Waals surface area contributed by atoms with E-state index in [9.17, 15) is 13.6 Å². The standard InChI is InChI=1S/C11H9ClF2N2O2/c1-2-18-9(17)4-6-3-7(11(13)14)10(12)8(5-15)16-6/h3,11H,2,4H2,1H3. The molecule has 0 bridgehead atoms. The highest BCUT2D eigenvalue weighted by Gasteiger charge is 2.19. The SMILES string of the molecule is CCOC(=O)Cc1cc(C(F)F)c(Cl)c(C#N)n1. The summed E-state index contributed by atoms with van der Waals surface area (Å²) in [7, 11) is 0. The Morgan fingerprint density at radius 1 is 1.67 bits per heavy atom. The van der Waals surface area contributed by atoms with Gasteiger partial charge >= 0.3 is 5.97 Å². The van der Waals surface area contributed by atoms with Crippen LogP contribution in [0.15, 0.2) is 6.07 Å². The number of esters is 1. The highest BCUT2D eigenvalue weighted by molar-refractivity contribution is 6.32. The second-order valence-corrected chi connectivity index (χ2v) is 3.64. The summed E-state index contributed by atoms with van der Waals surface area (Å²) in [6, 6.07) is 2.61. The number of nitrogens with zero attached hydrogens (tertiary/aromatic N) is 2. The van der Waals surface area contributed by atoms with E-state index in [1.807, 2.05) is 0 Å². The summed E-state index contributed by atoms with van der Waals surface area (Å²) in [4.78, 5) is 14.9. The Labute approximate surface area is 107 Å². The van der Waals surface area contributed by atoms with Crippen LogP contribution in [0.5, 0.6) is 0 Å². The first-order chi connectivity index (χ1) is 8.49. The first-order valence-corrected chi connectivity index (χ1v) is 5.40.